The fraction of sp³-hybridized carbons (Fsp3) is 0.562. The highest BCUT2D eigenvalue weighted by Gasteiger charge is 2.34. The van der Waals surface area contributed by atoms with Crippen molar-refractivity contribution in [3.63, 3.8) is 0 Å². The van der Waals surface area contributed by atoms with Crippen molar-refractivity contribution in [1.29, 1.82) is 0 Å². The van der Waals surface area contributed by atoms with Gasteiger partial charge < -0.3 is 10.6 Å². The first kappa shape index (κ1) is 18.5. The summed E-state index contributed by atoms with van der Waals surface area (Å²) in [6.07, 6.45) is -2.81. The van der Waals surface area contributed by atoms with E-state index in [2.05, 4.69) is 15.6 Å². The Kier molecular flexibility index (Phi) is 6.42. The zero-order valence-corrected chi connectivity index (χ0v) is 13.5. The van der Waals surface area contributed by atoms with Crippen LogP contribution in [0.2, 0.25) is 0 Å². The predicted octanol–water partition coefficient (Wildman–Crippen LogP) is 2.17. The van der Waals surface area contributed by atoms with Gasteiger partial charge in [-0.3, -0.25) is 9.89 Å². The Bertz CT molecular complexity index is 542. The third-order valence-electron chi connectivity index (χ3n) is 3.86. The van der Waals surface area contributed by atoms with Crippen LogP contribution in [0.15, 0.2) is 29.3 Å². The summed E-state index contributed by atoms with van der Waals surface area (Å²) in [6.45, 7) is 0.494. The Hall–Kier alpha value is -1.83. The number of alkyl halides is 3. The summed E-state index contributed by atoms with van der Waals surface area (Å²) < 4.78 is 50.0. The Morgan fingerprint density at radius 1 is 1.29 bits per heavy atom. The van der Waals surface area contributed by atoms with Crippen LogP contribution in [0.4, 0.5) is 17.6 Å². The Morgan fingerprint density at radius 3 is 2.62 bits per heavy atom. The van der Waals surface area contributed by atoms with Crippen molar-refractivity contribution in [2.45, 2.75) is 25.1 Å². The average Bonchev–Trinajstić information content (AvgIpc) is 2.93. The number of likely N-dealkylation sites (tertiary alicyclic amines) is 1. The monoisotopic (exact) mass is 346 g/mol. The molecule has 1 heterocycles. The van der Waals surface area contributed by atoms with Crippen LogP contribution in [-0.4, -0.2) is 56.3 Å². The number of aliphatic imine (C=N–C) groups is 1. The van der Waals surface area contributed by atoms with Gasteiger partial charge in [-0.1, -0.05) is 12.1 Å². The van der Waals surface area contributed by atoms with Crippen molar-refractivity contribution < 1.29 is 17.6 Å². The van der Waals surface area contributed by atoms with E-state index in [0.717, 1.165) is 5.56 Å². The number of halogens is 4. The first-order chi connectivity index (χ1) is 11.4. The minimum absolute atomic E-state index is 0.0515. The predicted molar refractivity (Wildman–Crippen MR) is 85.5 cm³/mol. The molecule has 4 nitrogen and oxygen atoms in total. The van der Waals surface area contributed by atoms with E-state index < -0.39 is 12.7 Å². The van der Waals surface area contributed by atoms with Gasteiger partial charge in [0.05, 0.1) is 6.54 Å². The van der Waals surface area contributed by atoms with Crippen LogP contribution in [0.3, 0.4) is 0 Å². The molecular formula is C16H22F4N4. The quantitative estimate of drug-likeness (QED) is 0.488. The van der Waals surface area contributed by atoms with Gasteiger partial charge in [0.15, 0.2) is 5.96 Å². The number of benzene rings is 1. The lowest BCUT2D eigenvalue weighted by atomic mass is 10.1. The molecule has 1 saturated heterocycles. The Labute approximate surface area is 138 Å². The third-order valence-corrected chi connectivity index (χ3v) is 3.86. The SMILES string of the molecule is CN=C(NCCc1ccc(F)cc1)NC1CCN(CC(F)(F)F)C1. The van der Waals surface area contributed by atoms with Gasteiger partial charge >= 0.3 is 6.18 Å². The number of hydrogen-bond donors (Lipinski definition) is 2. The molecule has 0 amide bonds. The molecule has 8 heteroatoms. The van der Waals surface area contributed by atoms with Crippen LogP contribution in [0.25, 0.3) is 0 Å². The Balaban J connectivity index is 1.72. The van der Waals surface area contributed by atoms with E-state index >= 15 is 0 Å². The zero-order valence-electron chi connectivity index (χ0n) is 13.5. The molecule has 1 aromatic carbocycles. The largest absolute Gasteiger partial charge is 0.401 e. The molecule has 1 aromatic rings. The van der Waals surface area contributed by atoms with Crippen molar-refractivity contribution in [1.82, 2.24) is 15.5 Å². The first-order valence-electron chi connectivity index (χ1n) is 7.86. The topological polar surface area (TPSA) is 39.7 Å². The van der Waals surface area contributed by atoms with Gasteiger partial charge in [-0.2, -0.15) is 13.2 Å². The minimum Gasteiger partial charge on any atom is -0.356 e. The molecule has 24 heavy (non-hydrogen) atoms. The van der Waals surface area contributed by atoms with Gasteiger partial charge in [0, 0.05) is 32.7 Å². The lowest BCUT2D eigenvalue weighted by Gasteiger charge is -2.19. The van der Waals surface area contributed by atoms with Crippen molar-refractivity contribution in [3.8, 4) is 0 Å². The highest BCUT2D eigenvalue weighted by Crippen LogP contribution is 2.19. The summed E-state index contributed by atoms with van der Waals surface area (Å²) >= 11 is 0. The van der Waals surface area contributed by atoms with Crippen molar-refractivity contribution in [2.75, 3.05) is 33.2 Å². The van der Waals surface area contributed by atoms with Crippen molar-refractivity contribution in [2.24, 2.45) is 4.99 Å². The molecule has 2 N–H and O–H groups in total. The van der Waals surface area contributed by atoms with Crippen LogP contribution in [0.1, 0.15) is 12.0 Å². The van der Waals surface area contributed by atoms with Crippen LogP contribution in [0, 0.1) is 5.82 Å². The van der Waals surface area contributed by atoms with Gasteiger partial charge in [-0.15, -0.1) is 0 Å². The maximum Gasteiger partial charge on any atom is 0.401 e. The van der Waals surface area contributed by atoms with E-state index in [1.54, 1.807) is 19.2 Å². The smallest absolute Gasteiger partial charge is 0.356 e. The zero-order chi connectivity index (χ0) is 17.6. The van der Waals surface area contributed by atoms with Gasteiger partial charge in [-0.05, 0) is 30.5 Å². The third kappa shape index (κ3) is 6.35. The molecular weight excluding hydrogens is 324 g/mol. The number of nitrogens with one attached hydrogen (secondary N) is 2. The molecule has 1 aliphatic heterocycles. The number of hydrogen-bond acceptors (Lipinski definition) is 2. The van der Waals surface area contributed by atoms with Crippen LogP contribution in [0.5, 0.6) is 0 Å². The second-order valence-electron chi connectivity index (χ2n) is 5.86. The molecule has 134 valence electrons. The van der Waals surface area contributed by atoms with E-state index in [9.17, 15) is 17.6 Å². The molecule has 1 aliphatic rings. The maximum absolute atomic E-state index is 12.8. The highest BCUT2D eigenvalue weighted by molar-refractivity contribution is 5.80. The fourth-order valence-corrected chi connectivity index (χ4v) is 2.71. The van der Waals surface area contributed by atoms with E-state index in [1.807, 2.05) is 0 Å². The first-order valence-corrected chi connectivity index (χ1v) is 7.86. The van der Waals surface area contributed by atoms with Crippen LogP contribution in [-0.2, 0) is 6.42 Å². The van der Waals surface area contributed by atoms with Gasteiger partial charge in [0.2, 0.25) is 0 Å². The highest BCUT2D eigenvalue weighted by atomic mass is 19.4. The lowest BCUT2D eigenvalue weighted by Crippen LogP contribution is -2.45. The molecule has 1 atom stereocenters. The molecule has 0 radical (unpaired) electrons. The molecule has 0 aromatic heterocycles. The van der Waals surface area contributed by atoms with E-state index in [-0.39, 0.29) is 11.9 Å². The minimum atomic E-state index is -4.16. The van der Waals surface area contributed by atoms with Crippen molar-refractivity contribution in [3.05, 3.63) is 35.6 Å². The van der Waals surface area contributed by atoms with Crippen LogP contribution >= 0.6 is 0 Å². The number of guanidine groups is 1. The maximum atomic E-state index is 12.8. The van der Waals surface area contributed by atoms with E-state index in [0.29, 0.717) is 38.4 Å². The van der Waals surface area contributed by atoms with E-state index in [4.69, 9.17) is 0 Å². The number of rotatable bonds is 5. The average molecular weight is 346 g/mol. The van der Waals surface area contributed by atoms with Gasteiger partial charge in [0.1, 0.15) is 5.82 Å². The van der Waals surface area contributed by atoms with E-state index in [1.165, 1.54) is 17.0 Å². The summed E-state index contributed by atoms with van der Waals surface area (Å²) in [5.41, 5.74) is 0.997. The molecule has 0 aliphatic carbocycles. The molecule has 0 bridgehead atoms. The summed E-state index contributed by atoms with van der Waals surface area (Å²) in [6, 6.07) is 6.22. The second-order valence-corrected chi connectivity index (χ2v) is 5.86. The van der Waals surface area contributed by atoms with Crippen LogP contribution < -0.4 is 10.6 Å². The molecule has 0 spiro atoms. The fourth-order valence-electron chi connectivity index (χ4n) is 2.71. The second kappa shape index (κ2) is 8.32. The number of nitrogens with zero attached hydrogens (tertiary/aromatic N) is 2. The van der Waals surface area contributed by atoms with Gasteiger partial charge in [0.25, 0.3) is 0 Å². The summed E-state index contributed by atoms with van der Waals surface area (Å²) in [4.78, 5) is 5.48. The molecule has 1 unspecified atom stereocenters. The molecule has 1 fully saturated rings. The molecule has 0 saturated carbocycles. The molecule has 2 rings (SSSR count). The lowest BCUT2D eigenvalue weighted by molar-refractivity contribution is -0.143. The normalized spacial score (nSPS) is 19.5. The van der Waals surface area contributed by atoms with Gasteiger partial charge in [-0.25, -0.2) is 4.39 Å². The summed E-state index contributed by atoms with van der Waals surface area (Å²) in [5.74, 6) is 0.296. The van der Waals surface area contributed by atoms with Crippen molar-refractivity contribution >= 4 is 5.96 Å². The Morgan fingerprint density at radius 2 is 2.00 bits per heavy atom. The summed E-state index contributed by atoms with van der Waals surface area (Å²) in [5, 5.41) is 6.27. The standard InChI is InChI=1S/C16H22F4N4/c1-21-15(22-8-6-12-2-4-13(17)5-3-12)23-14-7-9-24(10-14)11-16(18,19)20/h2-5,14H,6-11H2,1H3,(H2,21,22,23). The summed E-state index contributed by atoms with van der Waals surface area (Å²) in [7, 11) is 1.62.